The van der Waals surface area contributed by atoms with Crippen LogP contribution < -0.4 is 0 Å². The third-order valence-corrected chi connectivity index (χ3v) is 7.09. The van der Waals surface area contributed by atoms with Crippen molar-refractivity contribution in [3.05, 3.63) is 35.2 Å². The number of hydrogen-bond donors (Lipinski definition) is 0. The molecule has 0 fully saturated rings. The fraction of sp³-hybridized carbons (Fsp3) is 0.333. The molecule has 52 valence electrons. The molecule has 2 atom stereocenters. The van der Waals surface area contributed by atoms with Crippen molar-refractivity contribution in [1.82, 2.24) is 0 Å². The molecule has 0 radical (unpaired) electrons. The monoisotopic (exact) mass is 194 g/mol. The van der Waals surface area contributed by atoms with Gasteiger partial charge in [0.1, 0.15) is 0 Å². The zero-order valence-corrected chi connectivity index (χ0v) is 7.78. The minimum atomic E-state index is -0.552. The van der Waals surface area contributed by atoms with Gasteiger partial charge in [-0.1, -0.05) is 0 Å². The van der Waals surface area contributed by atoms with Crippen LogP contribution in [0.15, 0.2) is 35.2 Å². The van der Waals surface area contributed by atoms with Gasteiger partial charge in [0, 0.05) is 0 Å². The van der Waals surface area contributed by atoms with E-state index in [4.69, 9.17) is 0 Å². The van der Waals surface area contributed by atoms with Crippen LogP contribution >= 0.6 is 0 Å². The maximum atomic E-state index is 2.47. The molecule has 1 heteroatoms. The van der Waals surface area contributed by atoms with Crippen LogP contribution in [0.2, 0.25) is 9.91 Å². The Balaban J connectivity index is 2.19. The number of hydrogen-bond acceptors (Lipinski definition) is 0. The summed E-state index contributed by atoms with van der Waals surface area (Å²) in [6, 6.07) is 0. The van der Waals surface area contributed by atoms with Crippen molar-refractivity contribution < 1.29 is 0 Å². The van der Waals surface area contributed by atoms with E-state index < -0.39 is 14.7 Å². The van der Waals surface area contributed by atoms with Gasteiger partial charge in [-0.3, -0.25) is 0 Å². The van der Waals surface area contributed by atoms with E-state index in [1.807, 2.05) is 0 Å². The number of fused-ring (bicyclic) bond motifs is 1. The molecule has 10 heavy (non-hydrogen) atoms. The zero-order valence-electron chi connectivity index (χ0n) is 5.90. The molecule has 0 saturated heterocycles. The molecule has 0 saturated carbocycles. The minimum absolute atomic E-state index is 0.552. The van der Waals surface area contributed by atoms with E-state index in [0.29, 0.717) is 0 Å². The molecule has 0 aromatic rings. The van der Waals surface area contributed by atoms with Crippen LogP contribution in [0, 0.1) is 0 Å². The Morgan fingerprint density at radius 1 is 1.20 bits per heavy atom. The van der Waals surface area contributed by atoms with E-state index in [2.05, 4.69) is 35.2 Å². The van der Waals surface area contributed by atoms with Crippen molar-refractivity contribution in [2.45, 2.75) is 16.3 Å². The summed E-state index contributed by atoms with van der Waals surface area (Å²) in [6.45, 7) is 0. The van der Waals surface area contributed by atoms with Gasteiger partial charge in [0.25, 0.3) is 0 Å². The quantitative estimate of drug-likeness (QED) is 0.410. The molecule has 0 aliphatic carbocycles. The van der Waals surface area contributed by atoms with E-state index in [1.165, 1.54) is 11.6 Å². The molecule has 0 aromatic carbocycles. The summed E-state index contributed by atoms with van der Waals surface area (Å²) in [4.78, 5) is 2.47. The van der Waals surface area contributed by atoms with E-state index >= 15 is 0 Å². The van der Waals surface area contributed by atoms with Crippen molar-refractivity contribution in [2.75, 3.05) is 0 Å². The Bertz CT molecular complexity index is 179. The zero-order chi connectivity index (χ0) is 6.81. The average molecular weight is 194 g/mol. The van der Waals surface area contributed by atoms with Crippen molar-refractivity contribution in [3.8, 4) is 0 Å². The van der Waals surface area contributed by atoms with Gasteiger partial charge >= 0.3 is 66.2 Å². The molecule has 0 nitrogen and oxygen atoms in total. The molecule has 2 aliphatic rings. The molecule has 0 spiro atoms. The second kappa shape index (κ2) is 2.80. The topological polar surface area (TPSA) is 0 Å². The van der Waals surface area contributed by atoms with E-state index in [1.54, 1.807) is 0 Å². The van der Waals surface area contributed by atoms with Crippen molar-refractivity contribution in [2.24, 2.45) is 0 Å². The maximum absolute atomic E-state index is 2.47. The van der Waals surface area contributed by atoms with Gasteiger partial charge in [-0.15, -0.1) is 0 Å². The van der Waals surface area contributed by atoms with Gasteiger partial charge in [-0.05, 0) is 0 Å². The summed E-state index contributed by atoms with van der Waals surface area (Å²) in [5, 5.41) is 1.39. The predicted octanol–water partition coefficient (Wildman–Crippen LogP) is 2.48. The van der Waals surface area contributed by atoms with Crippen molar-refractivity contribution >= 4 is 14.7 Å². The molecule has 0 bridgehead atoms. The number of allylic oxidation sites excluding steroid dienone is 5. The first-order chi connectivity index (χ1) is 4.97. The molecule has 2 rings (SSSR count). The van der Waals surface area contributed by atoms with Gasteiger partial charge in [-0.2, -0.15) is 0 Å². The van der Waals surface area contributed by atoms with Crippen LogP contribution in [0.5, 0.6) is 0 Å². The van der Waals surface area contributed by atoms with E-state index in [9.17, 15) is 0 Å². The molecule has 2 aliphatic heterocycles. The first-order valence-corrected chi connectivity index (χ1v) is 7.22. The summed E-state index contributed by atoms with van der Waals surface area (Å²) < 4.78 is 0.947. The molecule has 2 unspecified atom stereocenters. The first-order valence-electron chi connectivity index (χ1n) is 3.72. The molecule has 0 amide bonds. The Hall–Kier alpha value is -0.222. The molecule has 0 aromatic heterocycles. The second-order valence-corrected chi connectivity index (χ2v) is 7.64. The SMILES string of the molecule is C1=CC2CC=CC[As]2C=C1. The van der Waals surface area contributed by atoms with Crippen LogP contribution in [0.4, 0.5) is 0 Å². The summed E-state index contributed by atoms with van der Waals surface area (Å²) in [6.07, 6.45) is 12.8. The standard InChI is InChI=1S/C9H11As/c1-3-7-10-8-4-2-6-9(10)5-1/h1-5,7,9H,6,8H2. The van der Waals surface area contributed by atoms with Crippen molar-refractivity contribution in [3.63, 3.8) is 0 Å². The van der Waals surface area contributed by atoms with Crippen molar-refractivity contribution in [1.29, 1.82) is 0 Å². The Morgan fingerprint density at radius 3 is 3.10 bits per heavy atom. The fourth-order valence-corrected chi connectivity index (χ4v) is 5.70. The predicted molar refractivity (Wildman–Crippen MR) is 46.3 cm³/mol. The van der Waals surface area contributed by atoms with E-state index in [-0.39, 0.29) is 0 Å². The Morgan fingerprint density at radius 2 is 2.20 bits per heavy atom. The van der Waals surface area contributed by atoms with Crippen LogP contribution in [0.1, 0.15) is 6.42 Å². The third kappa shape index (κ3) is 1.13. The summed E-state index contributed by atoms with van der Waals surface area (Å²) in [7, 11) is 0. The Kier molecular flexibility index (Phi) is 1.81. The Labute approximate surface area is 66.6 Å². The third-order valence-electron chi connectivity index (χ3n) is 2.01. The molecule has 0 N–H and O–H groups in total. The van der Waals surface area contributed by atoms with Gasteiger partial charge in [-0.25, -0.2) is 0 Å². The number of rotatable bonds is 0. The fourth-order valence-electron chi connectivity index (χ4n) is 1.42. The van der Waals surface area contributed by atoms with Gasteiger partial charge in [0.15, 0.2) is 0 Å². The normalized spacial score (nSPS) is 36.0. The van der Waals surface area contributed by atoms with Crippen LogP contribution in [-0.4, -0.2) is 14.7 Å². The summed E-state index contributed by atoms with van der Waals surface area (Å²) in [5.74, 6) is 0. The van der Waals surface area contributed by atoms with Gasteiger partial charge in [0.05, 0.1) is 0 Å². The molecular weight excluding hydrogens is 183 g/mol. The van der Waals surface area contributed by atoms with Gasteiger partial charge < -0.3 is 0 Å². The first kappa shape index (κ1) is 6.49. The average Bonchev–Trinajstić information content (AvgIpc) is 2.05. The van der Waals surface area contributed by atoms with E-state index in [0.717, 1.165) is 4.71 Å². The van der Waals surface area contributed by atoms with Crippen LogP contribution in [0.3, 0.4) is 0 Å². The van der Waals surface area contributed by atoms with Crippen LogP contribution in [-0.2, 0) is 0 Å². The summed E-state index contributed by atoms with van der Waals surface area (Å²) in [5.41, 5.74) is 0. The second-order valence-electron chi connectivity index (χ2n) is 2.70. The van der Waals surface area contributed by atoms with Gasteiger partial charge in [0.2, 0.25) is 0 Å². The van der Waals surface area contributed by atoms with Crippen LogP contribution in [0.25, 0.3) is 0 Å². The molecular formula is C9H11As. The summed E-state index contributed by atoms with van der Waals surface area (Å²) >= 11 is -0.552. The molecule has 2 heterocycles.